The molecular formula is C13H12N2O2. The maximum absolute atomic E-state index is 10.7. The summed E-state index contributed by atoms with van der Waals surface area (Å²) in [4.78, 5) is 19.0. The maximum Gasteiger partial charge on any atom is 0.354 e. The van der Waals surface area contributed by atoms with Crippen LogP contribution in [-0.2, 0) is 6.42 Å². The lowest BCUT2D eigenvalue weighted by Gasteiger charge is -2.05. The molecule has 86 valence electrons. The summed E-state index contributed by atoms with van der Waals surface area (Å²) in [5.41, 5.74) is 2.75. The number of aromatic nitrogens is 2. The Labute approximate surface area is 99.0 Å². The molecule has 0 aromatic carbocycles. The van der Waals surface area contributed by atoms with E-state index in [4.69, 9.17) is 5.11 Å². The SMILES string of the molecule is Cc1nc(C(=O)O)ccc1Cc1ccccn1. The van der Waals surface area contributed by atoms with Crippen molar-refractivity contribution in [1.29, 1.82) is 0 Å². The Kier molecular flexibility index (Phi) is 3.14. The Morgan fingerprint density at radius 3 is 2.71 bits per heavy atom. The van der Waals surface area contributed by atoms with Gasteiger partial charge in [0.05, 0.1) is 0 Å². The van der Waals surface area contributed by atoms with Crippen LogP contribution in [0.15, 0.2) is 36.5 Å². The number of aryl methyl sites for hydroxylation is 1. The van der Waals surface area contributed by atoms with Gasteiger partial charge in [0.2, 0.25) is 0 Å². The third kappa shape index (κ3) is 2.66. The van der Waals surface area contributed by atoms with Crippen LogP contribution in [0.25, 0.3) is 0 Å². The van der Waals surface area contributed by atoms with Gasteiger partial charge in [-0.25, -0.2) is 9.78 Å². The van der Waals surface area contributed by atoms with Gasteiger partial charge in [-0.05, 0) is 30.7 Å². The summed E-state index contributed by atoms with van der Waals surface area (Å²) in [7, 11) is 0. The standard InChI is InChI=1S/C13H12N2O2/c1-9-10(5-6-12(15-9)13(16)17)8-11-4-2-3-7-14-11/h2-7H,8H2,1H3,(H,16,17). The minimum atomic E-state index is -1.00. The first kappa shape index (κ1) is 11.3. The molecule has 2 aromatic rings. The fourth-order valence-electron chi connectivity index (χ4n) is 1.59. The van der Waals surface area contributed by atoms with Crippen LogP contribution in [0.4, 0.5) is 0 Å². The molecule has 4 heteroatoms. The Balaban J connectivity index is 2.26. The van der Waals surface area contributed by atoms with Gasteiger partial charge in [0.1, 0.15) is 5.69 Å². The molecule has 0 radical (unpaired) electrons. The first-order valence-corrected chi connectivity index (χ1v) is 5.26. The zero-order valence-electron chi connectivity index (χ0n) is 9.42. The molecule has 0 unspecified atom stereocenters. The van der Waals surface area contributed by atoms with Gasteiger partial charge in [-0.3, -0.25) is 4.98 Å². The predicted molar refractivity (Wildman–Crippen MR) is 63.0 cm³/mol. The number of carboxylic acid groups (broad SMARTS) is 1. The molecule has 0 aliphatic carbocycles. The van der Waals surface area contributed by atoms with Gasteiger partial charge in [0.15, 0.2) is 0 Å². The van der Waals surface area contributed by atoms with Crippen molar-refractivity contribution in [3.05, 3.63) is 59.2 Å². The maximum atomic E-state index is 10.7. The zero-order chi connectivity index (χ0) is 12.3. The van der Waals surface area contributed by atoms with Crippen LogP contribution >= 0.6 is 0 Å². The lowest BCUT2D eigenvalue weighted by atomic mass is 10.1. The second kappa shape index (κ2) is 4.74. The molecule has 17 heavy (non-hydrogen) atoms. The summed E-state index contributed by atoms with van der Waals surface area (Å²) in [5.74, 6) is -1.00. The molecule has 0 aliphatic heterocycles. The minimum absolute atomic E-state index is 0.0762. The van der Waals surface area contributed by atoms with Crippen molar-refractivity contribution in [2.75, 3.05) is 0 Å². The molecule has 0 spiro atoms. The number of carbonyl (C=O) groups is 1. The molecular weight excluding hydrogens is 216 g/mol. The summed E-state index contributed by atoms with van der Waals surface area (Å²) in [6.07, 6.45) is 2.41. The van der Waals surface area contributed by atoms with E-state index in [0.29, 0.717) is 6.42 Å². The van der Waals surface area contributed by atoms with Crippen molar-refractivity contribution >= 4 is 5.97 Å². The van der Waals surface area contributed by atoms with E-state index >= 15 is 0 Å². The monoisotopic (exact) mass is 228 g/mol. The molecule has 0 saturated carbocycles. The number of hydrogen-bond acceptors (Lipinski definition) is 3. The Hall–Kier alpha value is -2.23. The molecule has 0 fully saturated rings. The van der Waals surface area contributed by atoms with Gasteiger partial charge in [0.25, 0.3) is 0 Å². The van der Waals surface area contributed by atoms with E-state index in [2.05, 4.69) is 9.97 Å². The van der Waals surface area contributed by atoms with Gasteiger partial charge in [-0.1, -0.05) is 12.1 Å². The molecule has 0 bridgehead atoms. The third-order valence-electron chi connectivity index (χ3n) is 2.51. The van der Waals surface area contributed by atoms with Gasteiger partial charge in [-0.15, -0.1) is 0 Å². The topological polar surface area (TPSA) is 63.1 Å². The van der Waals surface area contributed by atoms with Crippen LogP contribution < -0.4 is 0 Å². The second-order valence-corrected chi connectivity index (χ2v) is 3.74. The van der Waals surface area contributed by atoms with Gasteiger partial charge in [-0.2, -0.15) is 0 Å². The summed E-state index contributed by atoms with van der Waals surface area (Å²) >= 11 is 0. The van der Waals surface area contributed by atoms with Crippen molar-refractivity contribution in [3.8, 4) is 0 Å². The second-order valence-electron chi connectivity index (χ2n) is 3.74. The molecule has 2 aromatic heterocycles. The van der Waals surface area contributed by atoms with Crippen molar-refractivity contribution in [2.45, 2.75) is 13.3 Å². The van der Waals surface area contributed by atoms with Gasteiger partial charge >= 0.3 is 5.97 Å². The number of hydrogen-bond donors (Lipinski definition) is 1. The first-order chi connectivity index (χ1) is 8.16. The Morgan fingerprint density at radius 1 is 1.29 bits per heavy atom. The smallest absolute Gasteiger partial charge is 0.354 e. The fraction of sp³-hybridized carbons (Fsp3) is 0.154. The lowest BCUT2D eigenvalue weighted by Crippen LogP contribution is -2.04. The van der Waals surface area contributed by atoms with Crippen molar-refractivity contribution in [1.82, 2.24) is 9.97 Å². The average Bonchev–Trinajstić information content (AvgIpc) is 2.33. The molecule has 0 saturated heterocycles. The molecule has 0 atom stereocenters. The van der Waals surface area contributed by atoms with Crippen LogP contribution in [0.2, 0.25) is 0 Å². The molecule has 2 rings (SSSR count). The lowest BCUT2D eigenvalue weighted by molar-refractivity contribution is 0.0690. The summed E-state index contributed by atoms with van der Waals surface area (Å²) in [5, 5.41) is 8.82. The Morgan fingerprint density at radius 2 is 2.12 bits per heavy atom. The predicted octanol–water partition coefficient (Wildman–Crippen LogP) is 2.07. The van der Waals surface area contributed by atoms with Crippen LogP contribution in [-0.4, -0.2) is 21.0 Å². The largest absolute Gasteiger partial charge is 0.477 e. The van der Waals surface area contributed by atoms with Gasteiger partial charge in [0, 0.05) is 24.0 Å². The quantitative estimate of drug-likeness (QED) is 0.873. The molecule has 2 heterocycles. The van der Waals surface area contributed by atoms with Crippen molar-refractivity contribution in [2.24, 2.45) is 0 Å². The van der Waals surface area contributed by atoms with E-state index in [9.17, 15) is 4.79 Å². The number of nitrogens with zero attached hydrogens (tertiary/aromatic N) is 2. The van der Waals surface area contributed by atoms with Crippen LogP contribution in [0, 0.1) is 6.92 Å². The average molecular weight is 228 g/mol. The van der Waals surface area contributed by atoms with Gasteiger partial charge < -0.3 is 5.11 Å². The highest BCUT2D eigenvalue weighted by Gasteiger charge is 2.08. The normalized spacial score (nSPS) is 10.2. The highest BCUT2D eigenvalue weighted by molar-refractivity contribution is 5.85. The van der Waals surface area contributed by atoms with E-state index < -0.39 is 5.97 Å². The van der Waals surface area contributed by atoms with E-state index in [0.717, 1.165) is 17.0 Å². The van der Waals surface area contributed by atoms with E-state index in [-0.39, 0.29) is 5.69 Å². The molecule has 0 aliphatic rings. The number of rotatable bonds is 3. The van der Waals surface area contributed by atoms with Crippen molar-refractivity contribution in [3.63, 3.8) is 0 Å². The molecule has 1 N–H and O–H groups in total. The highest BCUT2D eigenvalue weighted by Crippen LogP contribution is 2.11. The fourth-order valence-corrected chi connectivity index (χ4v) is 1.59. The molecule has 0 amide bonds. The van der Waals surface area contributed by atoms with Crippen molar-refractivity contribution < 1.29 is 9.90 Å². The zero-order valence-corrected chi connectivity index (χ0v) is 9.42. The number of aromatic carboxylic acids is 1. The minimum Gasteiger partial charge on any atom is -0.477 e. The van der Waals surface area contributed by atoms with Crippen LogP contribution in [0.5, 0.6) is 0 Å². The summed E-state index contributed by atoms with van der Waals surface area (Å²) in [6.45, 7) is 1.81. The summed E-state index contributed by atoms with van der Waals surface area (Å²) < 4.78 is 0. The van der Waals surface area contributed by atoms with E-state index in [1.807, 2.05) is 25.1 Å². The Bertz CT molecular complexity index is 538. The summed E-state index contributed by atoms with van der Waals surface area (Å²) in [6, 6.07) is 9.04. The number of carboxylic acids is 1. The third-order valence-corrected chi connectivity index (χ3v) is 2.51. The van der Waals surface area contributed by atoms with Crippen LogP contribution in [0.3, 0.4) is 0 Å². The number of pyridine rings is 2. The molecule has 4 nitrogen and oxygen atoms in total. The highest BCUT2D eigenvalue weighted by atomic mass is 16.4. The van der Waals surface area contributed by atoms with E-state index in [1.54, 1.807) is 12.3 Å². The first-order valence-electron chi connectivity index (χ1n) is 5.26. The van der Waals surface area contributed by atoms with E-state index in [1.165, 1.54) is 6.07 Å². The van der Waals surface area contributed by atoms with Crippen LogP contribution in [0.1, 0.15) is 27.4 Å².